The Morgan fingerprint density at radius 1 is 0.533 bits per heavy atom. The standard InChI is InChI=1S/C48H32N4O8/c53-44(54)28-5-1-26(2-6-28)42-36-19-17-34(49-36)25-35-18-20-37(50-35)43(27-3-7-29(8-4-27)45(55)56)39-22-24-41(52-39)48(40-23-21-38(42)51-40,32-13-9-30(10-14-32)46(57)58)33-15-11-31(12-16-33)47(59)60/h1-25,40,50-51H,(H,53,54)(H,55,56)(H,57,58)(H,59,60)/b34-25-,42-38-,43-39-. The summed E-state index contributed by atoms with van der Waals surface area (Å²) in [7, 11) is 0. The minimum Gasteiger partial charge on any atom is -0.478 e. The summed E-state index contributed by atoms with van der Waals surface area (Å²) in [6.07, 6.45) is 13.3. The Balaban J connectivity index is 1.35. The number of carbonyl (C=O) groups is 4. The first kappa shape index (κ1) is 37.2. The summed E-state index contributed by atoms with van der Waals surface area (Å²) < 4.78 is 0. The molecule has 6 N–H and O–H groups in total. The SMILES string of the molecule is O=C(O)c1ccc(/C2=C3\C=CC(N3)C(c3ccc(C(=O)O)cc3)(c3ccc(C(=O)O)cc3)C3=N/C(=C(/c4ccc(C(=O)O)cc4)c4ccc([nH]4)/C=C4/C=CC2=N4)C=C3)cc1. The van der Waals surface area contributed by atoms with Crippen LogP contribution in [0, 0.1) is 0 Å². The van der Waals surface area contributed by atoms with E-state index in [-0.39, 0.29) is 22.3 Å². The van der Waals surface area contributed by atoms with Gasteiger partial charge in [-0.3, -0.25) is 4.99 Å². The highest BCUT2D eigenvalue weighted by Gasteiger charge is 2.48. The summed E-state index contributed by atoms with van der Waals surface area (Å²) in [5.41, 5.74) is 7.62. The van der Waals surface area contributed by atoms with Gasteiger partial charge in [-0.05, 0) is 119 Å². The lowest BCUT2D eigenvalue weighted by Gasteiger charge is -2.40. The van der Waals surface area contributed by atoms with Crippen molar-refractivity contribution in [3.63, 3.8) is 0 Å². The van der Waals surface area contributed by atoms with Gasteiger partial charge in [-0.25, -0.2) is 24.2 Å². The minimum absolute atomic E-state index is 0.0694. The number of hydrogen-bond acceptors (Lipinski definition) is 7. The Morgan fingerprint density at radius 2 is 1.05 bits per heavy atom. The number of benzene rings is 4. The summed E-state index contributed by atoms with van der Waals surface area (Å²) in [5, 5.41) is 42.9. The zero-order valence-corrected chi connectivity index (χ0v) is 31.3. The molecule has 5 aromatic rings. The Hall–Kier alpha value is -8.38. The molecule has 4 aliphatic rings. The monoisotopic (exact) mass is 792 g/mol. The first-order chi connectivity index (χ1) is 29.0. The average Bonchev–Trinajstić information content (AvgIpc) is 4.10. The number of nitrogens with one attached hydrogen (secondary N) is 2. The molecule has 60 heavy (non-hydrogen) atoms. The molecule has 4 aromatic carbocycles. The second-order valence-electron chi connectivity index (χ2n) is 14.4. The van der Waals surface area contributed by atoms with Crippen LogP contribution in [0.3, 0.4) is 0 Å². The van der Waals surface area contributed by atoms with Crippen LogP contribution in [0.25, 0.3) is 17.2 Å². The Kier molecular flexibility index (Phi) is 9.01. The molecule has 12 nitrogen and oxygen atoms in total. The molecule has 0 spiro atoms. The van der Waals surface area contributed by atoms with E-state index in [0.29, 0.717) is 67.6 Å². The third kappa shape index (κ3) is 6.38. The van der Waals surface area contributed by atoms with Gasteiger partial charge in [0.25, 0.3) is 0 Å². The zero-order valence-electron chi connectivity index (χ0n) is 31.3. The number of allylic oxidation sites excluding steroid dienone is 6. The number of aromatic carboxylic acids is 4. The average molecular weight is 793 g/mol. The Morgan fingerprint density at radius 3 is 1.58 bits per heavy atom. The first-order valence-corrected chi connectivity index (χ1v) is 18.7. The van der Waals surface area contributed by atoms with Gasteiger partial charge >= 0.3 is 23.9 Å². The number of nitrogens with zero attached hydrogens (tertiary/aromatic N) is 2. The highest BCUT2D eigenvalue weighted by atomic mass is 16.4. The second kappa shape index (κ2) is 14.5. The topological polar surface area (TPSA) is 202 Å². The fourth-order valence-corrected chi connectivity index (χ4v) is 8.16. The largest absolute Gasteiger partial charge is 0.478 e. The van der Waals surface area contributed by atoms with E-state index in [4.69, 9.17) is 9.98 Å². The number of aromatic amines is 1. The van der Waals surface area contributed by atoms with Crippen molar-refractivity contribution < 1.29 is 39.6 Å². The summed E-state index contributed by atoms with van der Waals surface area (Å²) in [4.78, 5) is 61.8. The van der Waals surface area contributed by atoms with Crippen molar-refractivity contribution in [3.8, 4) is 0 Å². The van der Waals surface area contributed by atoms with E-state index < -0.39 is 35.3 Å². The van der Waals surface area contributed by atoms with Crippen molar-refractivity contribution in [1.82, 2.24) is 10.3 Å². The van der Waals surface area contributed by atoms with Crippen molar-refractivity contribution in [2.45, 2.75) is 11.5 Å². The van der Waals surface area contributed by atoms with Crippen molar-refractivity contribution in [3.05, 3.63) is 219 Å². The van der Waals surface area contributed by atoms with Gasteiger partial charge in [0, 0.05) is 28.2 Å². The third-order valence-electron chi connectivity index (χ3n) is 11.0. The molecule has 0 radical (unpaired) electrons. The van der Waals surface area contributed by atoms with Crippen LogP contribution in [0.1, 0.15) is 75.1 Å². The number of fused-ring (bicyclic) bond motifs is 6. The number of carboxylic acid groups (broad SMARTS) is 4. The van der Waals surface area contributed by atoms with Crippen LogP contribution in [-0.4, -0.2) is 66.8 Å². The predicted octanol–water partition coefficient (Wildman–Crippen LogP) is 7.87. The lowest BCUT2D eigenvalue weighted by Crippen LogP contribution is -2.51. The zero-order chi connectivity index (χ0) is 41.7. The Labute approximate surface area is 341 Å². The van der Waals surface area contributed by atoms with E-state index in [9.17, 15) is 39.6 Å². The van der Waals surface area contributed by atoms with Gasteiger partial charge in [0.1, 0.15) is 0 Å². The fourth-order valence-electron chi connectivity index (χ4n) is 8.16. The highest BCUT2D eigenvalue weighted by Crippen LogP contribution is 2.45. The van der Waals surface area contributed by atoms with E-state index in [1.54, 1.807) is 48.5 Å². The molecule has 1 atom stereocenters. The van der Waals surface area contributed by atoms with Crippen molar-refractivity contribution in [2.75, 3.05) is 0 Å². The molecule has 4 aliphatic heterocycles. The number of carboxylic acids is 4. The van der Waals surface area contributed by atoms with Gasteiger partial charge in [-0.15, -0.1) is 0 Å². The molecule has 0 saturated carbocycles. The first-order valence-electron chi connectivity index (χ1n) is 18.7. The molecule has 9 rings (SSSR count). The number of H-pyrrole nitrogens is 1. The molecular formula is C48H32N4O8. The normalized spacial score (nSPS) is 20.5. The van der Waals surface area contributed by atoms with E-state index in [1.165, 1.54) is 48.5 Å². The molecular weight excluding hydrogens is 761 g/mol. The number of aromatic nitrogens is 1. The smallest absolute Gasteiger partial charge is 0.335 e. The third-order valence-corrected chi connectivity index (χ3v) is 11.0. The van der Waals surface area contributed by atoms with Gasteiger partial charge in [-0.1, -0.05) is 54.6 Å². The maximum absolute atomic E-state index is 12.1. The summed E-state index contributed by atoms with van der Waals surface area (Å²) in [6.45, 7) is 0. The van der Waals surface area contributed by atoms with E-state index in [2.05, 4.69) is 10.3 Å². The summed E-state index contributed by atoms with van der Waals surface area (Å²) in [6, 6.07) is 29.3. The molecule has 5 heterocycles. The molecule has 0 aliphatic carbocycles. The van der Waals surface area contributed by atoms with Crippen LogP contribution in [-0.2, 0) is 5.41 Å². The highest BCUT2D eigenvalue weighted by molar-refractivity contribution is 6.32. The molecule has 0 amide bonds. The lowest BCUT2D eigenvalue weighted by molar-refractivity contribution is 0.0686. The van der Waals surface area contributed by atoms with Crippen LogP contribution in [0.15, 0.2) is 173 Å². The van der Waals surface area contributed by atoms with Gasteiger partial charge in [0.05, 0.1) is 56.5 Å². The van der Waals surface area contributed by atoms with Gasteiger partial charge in [0.15, 0.2) is 0 Å². The molecule has 12 heteroatoms. The molecule has 0 saturated heterocycles. The van der Waals surface area contributed by atoms with Gasteiger partial charge in [0.2, 0.25) is 0 Å². The maximum atomic E-state index is 12.1. The number of rotatable bonds is 8. The molecule has 1 aromatic heterocycles. The van der Waals surface area contributed by atoms with Gasteiger partial charge < -0.3 is 30.7 Å². The van der Waals surface area contributed by atoms with Crippen LogP contribution in [0.4, 0.5) is 0 Å². The molecule has 0 fully saturated rings. The van der Waals surface area contributed by atoms with Crippen LogP contribution >= 0.6 is 0 Å². The number of hydrogen-bond donors (Lipinski definition) is 6. The fraction of sp³-hybridized carbons (Fsp3) is 0.0417. The van der Waals surface area contributed by atoms with Crippen molar-refractivity contribution in [1.29, 1.82) is 0 Å². The predicted molar refractivity (Wildman–Crippen MR) is 225 cm³/mol. The molecule has 8 bridgehead atoms. The van der Waals surface area contributed by atoms with Crippen LogP contribution in [0.2, 0.25) is 0 Å². The van der Waals surface area contributed by atoms with E-state index in [0.717, 1.165) is 5.69 Å². The molecule has 1 unspecified atom stereocenters. The quantitative estimate of drug-likeness (QED) is 0.0904. The van der Waals surface area contributed by atoms with Crippen LogP contribution in [0.5, 0.6) is 0 Å². The van der Waals surface area contributed by atoms with E-state index in [1.807, 2.05) is 54.7 Å². The second-order valence-corrected chi connectivity index (χ2v) is 14.4. The maximum Gasteiger partial charge on any atom is 0.335 e. The lowest BCUT2D eigenvalue weighted by atomic mass is 9.65. The minimum atomic E-state index is -1.25. The summed E-state index contributed by atoms with van der Waals surface area (Å²) >= 11 is 0. The molecule has 292 valence electrons. The van der Waals surface area contributed by atoms with Crippen LogP contribution < -0.4 is 5.32 Å². The Bertz CT molecular complexity index is 2860. The van der Waals surface area contributed by atoms with E-state index >= 15 is 0 Å². The summed E-state index contributed by atoms with van der Waals surface area (Å²) in [5.74, 6) is -4.33. The van der Waals surface area contributed by atoms with Crippen molar-refractivity contribution in [2.24, 2.45) is 9.98 Å². The number of aliphatic imine (C=N–C) groups is 2. The van der Waals surface area contributed by atoms with Crippen molar-refractivity contribution >= 4 is 52.5 Å². The van der Waals surface area contributed by atoms with Gasteiger partial charge in [-0.2, -0.15) is 0 Å².